The Morgan fingerprint density at radius 2 is 2.36 bits per heavy atom. The summed E-state index contributed by atoms with van der Waals surface area (Å²) in [6.07, 6.45) is 7.43. The Labute approximate surface area is 89.3 Å². The molecule has 0 amide bonds. The van der Waals surface area contributed by atoms with Crippen molar-refractivity contribution in [3.05, 3.63) is 24.0 Å². The van der Waals surface area contributed by atoms with Gasteiger partial charge in [-0.3, -0.25) is 4.98 Å². The molecule has 1 aliphatic carbocycles. The molecule has 1 aromatic heterocycles. The fraction of sp³-hybridized carbons (Fsp3) is 0.545. The predicted octanol–water partition coefficient (Wildman–Crippen LogP) is 3.00. The molecule has 0 aliphatic heterocycles. The van der Waals surface area contributed by atoms with E-state index in [9.17, 15) is 0 Å². The molecule has 3 heteroatoms. The summed E-state index contributed by atoms with van der Waals surface area (Å²) in [6, 6.07) is 1.88. The highest BCUT2D eigenvalue weighted by atomic mass is 35.5. The lowest BCUT2D eigenvalue weighted by molar-refractivity contribution is 0.300. The Kier molecular flexibility index (Phi) is 3.25. The molecule has 0 atom stereocenters. The molecule has 0 unspecified atom stereocenters. The lowest BCUT2D eigenvalue weighted by Gasteiger charge is -2.08. The Bertz CT molecular complexity index is 299. The zero-order chi connectivity index (χ0) is 9.80. The topological polar surface area (TPSA) is 22.1 Å². The summed E-state index contributed by atoms with van der Waals surface area (Å²) in [6.45, 7) is 0.804. The monoisotopic (exact) mass is 211 g/mol. The van der Waals surface area contributed by atoms with Gasteiger partial charge in [-0.2, -0.15) is 0 Å². The molecule has 1 saturated carbocycles. The third kappa shape index (κ3) is 2.61. The van der Waals surface area contributed by atoms with E-state index in [0.29, 0.717) is 5.88 Å². The third-order valence-corrected chi connectivity index (χ3v) is 2.77. The standard InChI is InChI=1S/C11H14ClNO/c12-7-10-8-13-5-3-11(10)14-6-4-9-1-2-9/h3,5,8-9H,1-2,4,6-7H2. The van der Waals surface area contributed by atoms with Crippen LogP contribution in [0.4, 0.5) is 0 Å². The molecule has 1 fully saturated rings. The zero-order valence-electron chi connectivity index (χ0n) is 8.08. The van der Waals surface area contributed by atoms with Crippen LogP contribution in [-0.2, 0) is 5.88 Å². The van der Waals surface area contributed by atoms with E-state index in [4.69, 9.17) is 16.3 Å². The summed E-state index contributed by atoms with van der Waals surface area (Å²) < 4.78 is 5.65. The highest BCUT2D eigenvalue weighted by Crippen LogP contribution is 2.32. The van der Waals surface area contributed by atoms with Crippen molar-refractivity contribution in [1.29, 1.82) is 0 Å². The van der Waals surface area contributed by atoms with E-state index in [1.54, 1.807) is 12.4 Å². The van der Waals surface area contributed by atoms with Crippen molar-refractivity contribution in [2.24, 2.45) is 5.92 Å². The molecule has 0 spiro atoms. The van der Waals surface area contributed by atoms with Gasteiger partial charge in [-0.15, -0.1) is 11.6 Å². The first-order chi connectivity index (χ1) is 6.90. The highest BCUT2D eigenvalue weighted by Gasteiger charge is 2.20. The number of aromatic nitrogens is 1. The Morgan fingerprint density at radius 3 is 3.07 bits per heavy atom. The van der Waals surface area contributed by atoms with Gasteiger partial charge in [0.05, 0.1) is 12.5 Å². The number of ether oxygens (including phenoxy) is 1. The van der Waals surface area contributed by atoms with E-state index in [1.165, 1.54) is 19.3 Å². The fourth-order valence-corrected chi connectivity index (χ4v) is 1.60. The number of alkyl halides is 1. The number of hydrogen-bond acceptors (Lipinski definition) is 2. The third-order valence-electron chi connectivity index (χ3n) is 2.48. The van der Waals surface area contributed by atoms with Gasteiger partial charge >= 0.3 is 0 Å². The predicted molar refractivity (Wildman–Crippen MR) is 56.6 cm³/mol. The summed E-state index contributed by atoms with van der Waals surface area (Å²) >= 11 is 5.77. The van der Waals surface area contributed by atoms with Gasteiger partial charge in [-0.05, 0) is 18.4 Å². The first kappa shape index (κ1) is 9.78. The molecule has 0 aromatic carbocycles. The second kappa shape index (κ2) is 4.65. The highest BCUT2D eigenvalue weighted by molar-refractivity contribution is 6.17. The van der Waals surface area contributed by atoms with Gasteiger partial charge in [-0.1, -0.05) is 12.8 Å². The lowest BCUT2D eigenvalue weighted by atomic mass is 10.3. The average molecular weight is 212 g/mol. The van der Waals surface area contributed by atoms with Gasteiger partial charge in [0, 0.05) is 18.0 Å². The van der Waals surface area contributed by atoms with E-state index in [1.807, 2.05) is 6.07 Å². The second-order valence-corrected chi connectivity index (χ2v) is 3.96. The van der Waals surface area contributed by atoms with Crippen molar-refractivity contribution >= 4 is 11.6 Å². The van der Waals surface area contributed by atoms with Crippen LogP contribution in [0, 0.1) is 5.92 Å². The Hall–Kier alpha value is -0.760. The van der Waals surface area contributed by atoms with Crippen molar-refractivity contribution in [3.8, 4) is 5.75 Å². The van der Waals surface area contributed by atoms with Crippen molar-refractivity contribution < 1.29 is 4.74 Å². The summed E-state index contributed by atoms with van der Waals surface area (Å²) in [5.41, 5.74) is 0.977. The summed E-state index contributed by atoms with van der Waals surface area (Å²) in [4.78, 5) is 4.01. The van der Waals surface area contributed by atoms with Crippen LogP contribution in [0.1, 0.15) is 24.8 Å². The second-order valence-electron chi connectivity index (χ2n) is 3.70. The minimum absolute atomic E-state index is 0.465. The zero-order valence-corrected chi connectivity index (χ0v) is 8.83. The van der Waals surface area contributed by atoms with E-state index in [0.717, 1.165) is 23.8 Å². The molecular weight excluding hydrogens is 198 g/mol. The Morgan fingerprint density at radius 1 is 1.50 bits per heavy atom. The van der Waals surface area contributed by atoms with Gasteiger partial charge < -0.3 is 4.74 Å². The fourth-order valence-electron chi connectivity index (χ4n) is 1.40. The molecule has 2 nitrogen and oxygen atoms in total. The average Bonchev–Trinajstić information content (AvgIpc) is 3.03. The molecule has 0 N–H and O–H groups in total. The molecule has 14 heavy (non-hydrogen) atoms. The van der Waals surface area contributed by atoms with Crippen LogP contribution >= 0.6 is 11.6 Å². The maximum atomic E-state index is 5.77. The molecule has 0 bridgehead atoms. The summed E-state index contributed by atoms with van der Waals surface area (Å²) in [5.74, 6) is 2.26. The van der Waals surface area contributed by atoms with Crippen LogP contribution in [0.5, 0.6) is 5.75 Å². The molecule has 76 valence electrons. The number of nitrogens with zero attached hydrogens (tertiary/aromatic N) is 1. The normalized spacial score (nSPS) is 15.5. The summed E-state index contributed by atoms with van der Waals surface area (Å²) in [7, 11) is 0. The smallest absolute Gasteiger partial charge is 0.126 e. The molecule has 1 aromatic rings. The minimum atomic E-state index is 0.465. The molecule has 1 heterocycles. The van der Waals surface area contributed by atoms with Crippen LogP contribution < -0.4 is 4.74 Å². The van der Waals surface area contributed by atoms with Crippen LogP contribution in [0.25, 0.3) is 0 Å². The number of hydrogen-bond donors (Lipinski definition) is 0. The van der Waals surface area contributed by atoms with Crippen molar-refractivity contribution in [2.75, 3.05) is 6.61 Å². The van der Waals surface area contributed by atoms with Gasteiger partial charge in [-0.25, -0.2) is 0 Å². The minimum Gasteiger partial charge on any atom is -0.493 e. The van der Waals surface area contributed by atoms with Gasteiger partial charge in [0.15, 0.2) is 0 Å². The van der Waals surface area contributed by atoms with Crippen LogP contribution in [-0.4, -0.2) is 11.6 Å². The lowest BCUT2D eigenvalue weighted by Crippen LogP contribution is -2.00. The van der Waals surface area contributed by atoms with Gasteiger partial charge in [0.25, 0.3) is 0 Å². The maximum absolute atomic E-state index is 5.77. The quantitative estimate of drug-likeness (QED) is 0.699. The molecule has 2 rings (SSSR count). The van der Waals surface area contributed by atoms with Gasteiger partial charge in [0.1, 0.15) is 5.75 Å². The molecule has 1 aliphatic rings. The van der Waals surface area contributed by atoms with E-state index >= 15 is 0 Å². The number of pyridine rings is 1. The van der Waals surface area contributed by atoms with Crippen LogP contribution in [0.3, 0.4) is 0 Å². The Balaban J connectivity index is 1.86. The maximum Gasteiger partial charge on any atom is 0.126 e. The molecule has 0 radical (unpaired) electrons. The van der Waals surface area contributed by atoms with Crippen LogP contribution in [0.15, 0.2) is 18.5 Å². The molecule has 0 saturated heterocycles. The number of rotatable bonds is 5. The van der Waals surface area contributed by atoms with Crippen molar-refractivity contribution in [3.63, 3.8) is 0 Å². The van der Waals surface area contributed by atoms with E-state index < -0.39 is 0 Å². The number of halogens is 1. The first-order valence-electron chi connectivity index (χ1n) is 5.02. The van der Waals surface area contributed by atoms with Crippen molar-refractivity contribution in [2.45, 2.75) is 25.1 Å². The van der Waals surface area contributed by atoms with Gasteiger partial charge in [0.2, 0.25) is 0 Å². The van der Waals surface area contributed by atoms with Crippen LogP contribution in [0.2, 0.25) is 0 Å². The van der Waals surface area contributed by atoms with Crippen molar-refractivity contribution in [1.82, 2.24) is 4.98 Å². The molecular formula is C11H14ClNO. The summed E-state index contributed by atoms with van der Waals surface area (Å²) in [5, 5.41) is 0. The largest absolute Gasteiger partial charge is 0.493 e. The van der Waals surface area contributed by atoms with E-state index in [2.05, 4.69) is 4.98 Å². The SMILES string of the molecule is ClCc1cnccc1OCCC1CC1. The first-order valence-corrected chi connectivity index (χ1v) is 5.55. The van der Waals surface area contributed by atoms with E-state index in [-0.39, 0.29) is 0 Å².